The van der Waals surface area contributed by atoms with Gasteiger partial charge in [-0.15, -0.1) is 23.5 Å². The molecule has 4 nitrogen and oxygen atoms in total. The van der Waals surface area contributed by atoms with Crippen LogP contribution in [0.2, 0.25) is 0 Å². The molecule has 1 aromatic carbocycles. The van der Waals surface area contributed by atoms with Gasteiger partial charge in [-0.3, -0.25) is 0 Å². The summed E-state index contributed by atoms with van der Waals surface area (Å²) in [4.78, 5) is 4.82. The number of fused-ring (bicyclic) bond motifs is 1. The fraction of sp³-hybridized carbons (Fsp3) is 0.571. The Morgan fingerprint density at radius 3 is 2.26 bits per heavy atom. The monoisotopic (exact) mass is 398 g/mol. The van der Waals surface area contributed by atoms with Crippen molar-refractivity contribution in [1.29, 1.82) is 10.5 Å². The van der Waals surface area contributed by atoms with Crippen LogP contribution in [-0.4, -0.2) is 21.5 Å². The van der Waals surface area contributed by atoms with Crippen LogP contribution in [0.3, 0.4) is 0 Å². The Morgan fingerprint density at radius 2 is 1.74 bits per heavy atom. The molecule has 0 amide bonds. The van der Waals surface area contributed by atoms with Crippen LogP contribution in [0.5, 0.6) is 0 Å². The summed E-state index contributed by atoms with van der Waals surface area (Å²) in [6, 6.07) is 11.3. The van der Waals surface area contributed by atoms with E-state index in [9.17, 15) is 10.5 Å². The van der Waals surface area contributed by atoms with Gasteiger partial charge in [0.25, 0.3) is 0 Å². The number of thioether (sulfide) groups is 2. The molecule has 1 saturated carbocycles. The first-order valence-corrected chi connectivity index (χ1v) is 11.4. The third-order valence-corrected chi connectivity index (χ3v) is 9.22. The number of nitrogens with zero attached hydrogens (tertiary/aromatic N) is 3. The van der Waals surface area contributed by atoms with Crippen molar-refractivity contribution < 1.29 is 0 Å². The van der Waals surface area contributed by atoms with Crippen molar-refractivity contribution in [2.24, 2.45) is 21.6 Å². The van der Waals surface area contributed by atoms with Gasteiger partial charge in [-0.25, -0.2) is 4.99 Å². The highest BCUT2D eigenvalue weighted by atomic mass is 32.2. The molecular weight excluding hydrogens is 372 g/mol. The summed E-state index contributed by atoms with van der Waals surface area (Å²) in [5.41, 5.74) is 7.76. The lowest BCUT2D eigenvalue weighted by Gasteiger charge is -2.32. The molecule has 1 aromatic rings. The Labute approximate surface area is 170 Å². The minimum absolute atomic E-state index is 0.230. The molecule has 0 saturated heterocycles. The average Bonchev–Trinajstić information content (AvgIpc) is 3.24. The fourth-order valence-electron chi connectivity index (χ4n) is 4.38. The van der Waals surface area contributed by atoms with E-state index >= 15 is 0 Å². The molecular formula is C21H26N4S2. The van der Waals surface area contributed by atoms with Crippen LogP contribution in [-0.2, 0) is 0 Å². The Bertz CT molecular complexity index is 858. The van der Waals surface area contributed by atoms with Crippen LogP contribution in [0.25, 0.3) is 0 Å². The van der Waals surface area contributed by atoms with E-state index in [-0.39, 0.29) is 5.92 Å². The van der Waals surface area contributed by atoms with E-state index in [1.807, 2.05) is 13.8 Å². The van der Waals surface area contributed by atoms with Gasteiger partial charge in [0.15, 0.2) is 4.20 Å². The molecule has 6 heteroatoms. The van der Waals surface area contributed by atoms with Crippen molar-refractivity contribution in [3.63, 3.8) is 0 Å². The van der Waals surface area contributed by atoms with E-state index in [4.69, 9.17) is 10.7 Å². The minimum atomic E-state index is -1.03. The zero-order valence-electron chi connectivity index (χ0n) is 16.4. The van der Waals surface area contributed by atoms with Gasteiger partial charge in [0, 0.05) is 5.92 Å². The van der Waals surface area contributed by atoms with Crippen LogP contribution in [0, 0.1) is 47.3 Å². The maximum atomic E-state index is 10.5. The quantitative estimate of drug-likeness (QED) is 0.671. The van der Waals surface area contributed by atoms with Gasteiger partial charge in [-0.2, -0.15) is 10.5 Å². The molecule has 0 spiro atoms. The number of rotatable bonds is 7. The highest BCUT2D eigenvalue weighted by molar-refractivity contribution is 8.18. The highest BCUT2D eigenvalue weighted by Gasteiger charge is 2.92. The fourth-order valence-corrected chi connectivity index (χ4v) is 7.60. The van der Waals surface area contributed by atoms with Gasteiger partial charge in [-0.1, -0.05) is 37.6 Å². The maximum absolute atomic E-state index is 10.5. The molecule has 142 valence electrons. The summed E-state index contributed by atoms with van der Waals surface area (Å²) < 4.78 is -0.714. The zero-order chi connectivity index (χ0) is 19.9. The van der Waals surface area contributed by atoms with Crippen molar-refractivity contribution in [1.82, 2.24) is 0 Å². The number of amidine groups is 1. The van der Waals surface area contributed by atoms with E-state index in [0.717, 1.165) is 41.0 Å². The molecule has 2 aliphatic rings. The predicted molar refractivity (Wildman–Crippen MR) is 115 cm³/mol. The molecule has 0 bridgehead atoms. The second kappa shape index (κ2) is 7.08. The summed E-state index contributed by atoms with van der Waals surface area (Å²) >= 11 is 3.39. The van der Waals surface area contributed by atoms with Crippen LogP contribution >= 0.6 is 23.5 Å². The van der Waals surface area contributed by atoms with E-state index in [0.29, 0.717) is 5.84 Å². The smallest absolute Gasteiger partial charge is 0.175 e. The van der Waals surface area contributed by atoms with Gasteiger partial charge in [0.05, 0.1) is 12.1 Å². The summed E-state index contributed by atoms with van der Waals surface area (Å²) in [5, 5.41) is 20.7. The van der Waals surface area contributed by atoms with Crippen molar-refractivity contribution in [3.05, 3.63) is 34.9 Å². The normalized spacial score (nSPS) is 30.1. The lowest BCUT2D eigenvalue weighted by atomic mass is 9.95. The Hall–Kier alpha value is -1.63. The molecule has 0 aromatic heterocycles. The predicted octanol–water partition coefficient (Wildman–Crippen LogP) is 4.73. The average molecular weight is 399 g/mol. The number of benzene rings is 1. The lowest BCUT2D eigenvalue weighted by Crippen LogP contribution is -2.32. The number of aryl methyl sites for hydroxylation is 2. The second-order valence-corrected chi connectivity index (χ2v) is 10.2. The number of hydrogen-bond donors (Lipinski definition) is 1. The molecule has 2 N–H and O–H groups in total. The summed E-state index contributed by atoms with van der Waals surface area (Å²) in [6.45, 7) is 8.34. The summed E-state index contributed by atoms with van der Waals surface area (Å²) in [5.74, 6) is 1.88. The first kappa shape index (κ1) is 20.1. The van der Waals surface area contributed by atoms with Crippen molar-refractivity contribution >= 4 is 29.4 Å². The van der Waals surface area contributed by atoms with Crippen LogP contribution in [0.1, 0.15) is 49.3 Å². The molecule has 1 aliphatic heterocycles. The number of aliphatic imine (C=N–C) groups is 1. The molecule has 3 rings (SSSR count). The molecule has 1 heterocycles. The van der Waals surface area contributed by atoms with Gasteiger partial charge in [-0.05, 0) is 49.3 Å². The van der Waals surface area contributed by atoms with E-state index in [2.05, 4.69) is 44.2 Å². The van der Waals surface area contributed by atoms with Gasteiger partial charge >= 0.3 is 0 Å². The standard InChI is InChI=1S/C21H26N4S2/c1-5-9-26-21(27-10-6-2)20(13-23)17(19(20,12-22)18(24)25-21)16-11-14(3)7-8-15(16)4/h7-8,11,17H,5-6,9-10H2,1-4H3,(H2,24,25). The van der Waals surface area contributed by atoms with Crippen LogP contribution in [0.4, 0.5) is 0 Å². The van der Waals surface area contributed by atoms with Crippen molar-refractivity contribution in [2.45, 2.75) is 50.7 Å². The number of nitrogens with two attached hydrogens (primary N) is 1. The van der Waals surface area contributed by atoms with Gasteiger partial charge in [0.2, 0.25) is 0 Å². The van der Waals surface area contributed by atoms with Crippen molar-refractivity contribution in [3.8, 4) is 12.1 Å². The Morgan fingerprint density at radius 1 is 1.11 bits per heavy atom. The van der Waals surface area contributed by atoms with Gasteiger partial charge < -0.3 is 5.73 Å². The molecule has 3 unspecified atom stereocenters. The second-order valence-electron chi connectivity index (χ2n) is 7.41. The third-order valence-electron chi connectivity index (χ3n) is 5.68. The van der Waals surface area contributed by atoms with E-state index in [1.165, 1.54) is 0 Å². The maximum Gasteiger partial charge on any atom is 0.175 e. The zero-order valence-corrected chi connectivity index (χ0v) is 18.0. The van der Waals surface area contributed by atoms with E-state index in [1.54, 1.807) is 23.5 Å². The Kier molecular flexibility index (Phi) is 5.27. The topological polar surface area (TPSA) is 86.0 Å². The summed E-state index contributed by atoms with van der Waals surface area (Å²) in [6.07, 6.45) is 1.98. The molecule has 0 radical (unpaired) electrons. The van der Waals surface area contributed by atoms with Crippen LogP contribution in [0.15, 0.2) is 23.2 Å². The first-order chi connectivity index (χ1) is 12.9. The largest absolute Gasteiger partial charge is 0.386 e. The Balaban J connectivity index is 2.21. The third kappa shape index (κ3) is 2.46. The molecule has 27 heavy (non-hydrogen) atoms. The van der Waals surface area contributed by atoms with E-state index < -0.39 is 15.0 Å². The highest BCUT2D eigenvalue weighted by Crippen LogP contribution is 2.85. The molecule has 1 fully saturated rings. The molecule has 1 aliphatic carbocycles. The lowest BCUT2D eigenvalue weighted by molar-refractivity contribution is 0.563. The minimum Gasteiger partial charge on any atom is -0.386 e. The number of hydrogen-bond acceptors (Lipinski definition) is 6. The number of nitriles is 2. The SMILES string of the molecule is CCCSC1(SCCC)N=C(N)C2(C#N)C(c3cc(C)ccc3C)C12C#N. The summed E-state index contributed by atoms with van der Waals surface area (Å²) in [7, 11) is 0. The molecule has 3 atom stereocenters. The van der Waals surface area contributed by atoms with Crippen molar-refractivity contribution in [2.75, 3.05) is 11.5 Å². The van der Waals surface area contributed by atoms with Gasteiger partial charge in [0.1, 0.15) is 16.7 Å². The van der Waals surface area contributed by atoms with Crippen LogP contribution < -0.4 is 5.73 Å². The first-order valence-electron chi connectivity index (χ1n) is 9.44.